The second-order valence-electron chi connectivity index (χ2n) is 4.80. The van der Waals surface area contributed by atoms with Crippen LogP contribution in [-0.4, -0.2) is 26.8 Å². The largest absolute Gasteiger partial charge is 0.384 e. The summed E-state index contributed by atoms with van der Waals surface area (Å²) in [6, 6.07) is 0. The lowest BCUT2D eigenvalue weighted by atomic mass is 9.93. The third-order valence-corrected chi connectivity index (χ3v) is 2.73. The number of rotatable bonds is 8. The Morgan fingerprint density at radius 1 is 1.07 bits per heavy atom. The summed E-state index contributed by atoms with van der Waals surface area (Å²) in [6.07, 6.45) is 1.25. The second kappa shape index (κ2) is 8.25. The van der Waals surface area contributed by atoms with Crippen molar-refractivity contribution in [3.8, 4) is 0 Å². The van der Waals surface area contributed by atoms with E-state index in [2.05, 4.69) is 33.0 Å². The number of nitrogens with one attached hydrogen (secondary N) is 1. The summed E-state index contributed by atoms with van der Waals surface area (Å²) in [5.74, 6) is 2.16. The average Bonchev–Trinajstić information content (AvgIpc) is 2.12. The highest BCUT2D eigenvalue weighted by Crippen LogP contribution is 2.14. The van der Waals surface area contributed by atoms with Gasteiger partial charge in [-0.3, -0.25) is 0 Å². The molecule has 0 aromatic heterocycles. The van der Waals surface area contributed by atoms with Crippen LogP contribution in [0, 0.1) is 17.8 Å². The van der Waals surface area contributed by atoms with Crippen molar-refractivity contribution in [3.63, 3.8) is 0 Å². The van der Waals surface area contributed by atoms with E-state index in [0.717, 1.165) is 31.5 Å². The molecular formula is C12H27NO. The zero-order valence-corrected chi connectivity index (χ0v) is 10.5. The molecule has 0 aromatic carbocycles. The Kier molecular flexibility index (Phi) is 8.20. The summed E-state index contributed by atoms with van der Waals surface area (Å²) in [7, 11) is 1.78. The van der Waals surface area contributed by atoms with Gasteiger partial charge in [0.1, 0.15) is 0 Å². The van der Waals surface area contributed by atoms with Gasteiger partial charge in [-0.1, -0.05) is 27.7 Å². The summed E-state index contributed by atoms with van der Waals surface area (Å²) in [6.45, 7) is 12.2. The normalized spacial score (nSPS) is 15.9. The molecule has 0 aliphatic carbocycles. The van der Waals surface area contributed by atoms with Crippen molar-refractivity contribution in [2.45, 2.75) is 34.1 Å². The van der Waals surface area contributed by atoms with Gasteiger partial charge in [0, 0.05) is 13.7 Å². The maximum Gasteiger partial charge on any atom is 0.0490 e. The number of ether oxygens (including phenoxy) is 1. The lowest BCUT2D eigenvalue weighted by Crippen LogP contribution is -2.24. The van der Waals surface area contributed by atoms with Crippen LogP contribution in [0.1, 0.15) is 34.1 Å². The standard InChI is InChI=1S/C12H27NO/c1-10(2)8-13-7-6-11(3)12(4)9-14-5/h10-13H,6-9H2,1-5H3. The van der Waals surface area contributed by atoms with Crippen LogP contribution in [0.3, 0.4) is 0 Å². The van der Waals surface area contributed by atoms with Gasteiger partial charge in [0.15, 0.2) is 0 Å². The van der Waals surface area contributed by atoms with Crippen LogP contribution in [0.15, 0.2) is 0 Å². The molecule has 2 unspecified atom stereocenters. The Hall–Kier alpha value is -0.0800. The summed E-state index contributed by atoms with van der Waals surface area (Å²) in [5.41, 5.74) is 0. The molecule has 0 radical (unpaired) electrons. The first-order valence-corrected chi connectivity index (χ1v) is 5.77. The van der Waals surface area contributed by atoms with Crippen molar-refractivity contribution in [2.75, 3.05) is 26.8 Å². The molecule has 0 saturated heterocycles. The van der Waals surface area contributed by atoms with Crippen molar-refractivity contribution >= 4 is 0 Å². The van der Waals surface area contributed by atoms with Gasteiger partial charge in [-0.15, -0.1) is 0 Å². The molecule has 2 heteroatoms. The van der Waals surface area contributed by atoms with Crippen molar-refractivity contribution in [1.82, 2.24) is 5.32 Å². The summed E-state index contributed by atoms with van der Waals surface area (Å²) < 4.78 is 5.15. The monoisotopic (exact) mass is 201 g/mol. The number of hydrogen-bond donors (Lipinski definition) is 1. The molecule has 0 heterocycles. The minimum absolute atomic E-state index is 0.667. The lowest BCUT2D eigenvalue weighted by Gasteiger charge is -2.19. The first-order chi connectivity index (χ1) is 6.57. The highest BCUT2D eigenvalue weighted by Gasteiger charge is 2.11. The van der Waals surface area contributed by atoms with Crippen molar-refractivity contribution in [2.24, 2.45) is 17.8 Å². The van der Waals surface area contributed by atoms with E-state index in [1.165, 1.54) is 6.42 Å². The second-order valence-corrected chi connectivity index (χ2v) is 4.80. The van der Waals surface area contributed by atoms with Gasteiger partial charge in [-0.2, -0.15) is 0 Å². The Balaban J connectivity index is 3.38. The third kappa shape index (κ3) is 7.34. The highest BCUT2D eigenvalue weighted by molar-refractivity contribution is 4.63. The zero-order valence-electron chi connectivity index (χ0n) is 10.5. The van der Waals surface area contributed by atoms with E-state index in [1.807, 2.05) is 0 Å². The van der Waals surface area contributed by atoms with Crippen molar-refractivity contribution in [3.05, 3.63) is 0 Å². The van der Waals surface area contributed by atoms with Crippen LogP contribution in [0.5, 0.6) is 0 Å². The minimum Gasteiger partial charge on any atom is -0.384 e. The first kappa shape index (κ1) is 13.9. The van der Waals surface area contributed by atoms with Crippen molar-refractivity contribution in [1.29, 1.82) is 0 Å². The molecule has 0 spiro atoms. The predicted octanol–water partition coefficient (Wildman–Crippen LogP) is 2.54. The first-order valence-electron chi connectivity index (χ1n) is 5.77. The average molecular weight is 201 g/mol. The maximum atomic E-state index is 5.15. The Morgan fingerprint density at radius 3 is 2.21 bits per heavy atom. The molecule has 2 atom stereocenters. The Labute approximate surface area is 89.4 Å². The van der Waals surface area contributed by atoms with E-state index in [4.69, 9.17) is 4.74 Å². The molecule has 0 saturated carbocycles. The van der Waals surface area contributed by atoms with Crippen LogP contribution in [0.25, 0.3) is 0 Å². The fraction of sp³-hybridized carbons (Fsp3) is 1.00. The molecule has 0 aliphatic rings. The van der Waals surface area contributed by atoms with E-state index < -0.39 is 0 Å². The molecule has 2 nitrogen and oxygen atoms in total. The van der Waals surface area contributed by atoms with Gasteiger partial charge in [0.25, 0.3) is 0 Å². The molecule has 0 bridgehead atoms. The maximum absolute atomic E-state index is 5.15. The van der Waals surface area contributed by atoms with Gasteiger partial charge in [0.2, 0.25) is 0 Å². The van der Waals surface area contributed by atoms with Crippen LogP contribution in [-0.2, 0) is 4.74 Å². The van der Waals surface area contributed by atoms with E-state index >= 15 is 0 Å². The third-order valence-electron chi connectivity index (χ3n) is 2.73. The highest BCUT2D eigenvalue weighted by atomic mass is 16.5. The Morgan fingerprint density at radius 2 is 1.71 bits per heavy atom. The molecule has 0 amide bonds. The molecule has 14 heavy (non-hydrogen) atoms. The number of hydrogen-bond acceptors (Lipinski definition) is 2. The van der Waals surface area contributed by atoms with Gasteiger partial charge in [0.05, 0.1) is 0 Å². The molecule has 0 aliphatic heterocycles. The lowest BCUT2D eigenvalue weighted by molar-refractivity contribution is 0.131. The minimum atomic E-state index is 0.667. The van der Waals surface area contributed by atoms with E-state index in [-0.39, 0.29) is 0 Å². The van der Waals surface area contributed by atoms with E-state index in [9.17, 15) is 0 Å². The topological polar surface area (TPSA) is 21.3 Å². The predicted molar refractivity (Wildman–Crippen MR) is 62.5 cm³/mol. The number of methoxy groups -OCH3 is 1. The van der Waals surface area contributed by atoms with Crippen LogP contribution >= 0.6 is 0 Å². The molecule has 0 aromatic rings. The molecular weight excluding hydrogens is 174 g/mol. The fourth-order valence-electron chi connectivity index (χ4n) is 1.43. The fourth-order valence-corrected chi connectivity index (χ4v) is 1.43. The van der Waals surface area contributed by atoms with Gasteiger partial charge in [-0.25, -0.2) is 0 Å². The van der Waals surface area contributed by atoms with Crippen LogP contribution in [0.2, 0.25) is 0 Å². The van der Waals surface area contributed by atoms with Gasteiger partial charge < -0.3 is 10.1 Å². The summed E-state index contributed by atoms with van der Waals surface area (Å²) >= 11 is 0. The summed E-state index contributed by atoms with van der Waals surface area (Å²) in [5, 5.41) is 3.47. The molecule has 0 fully saturated rings. The van der Waals surface area contributed by atoms with Gasteiger partial charge in [-0.05, 0) is 37.3 Å². The van der Waals surface area contributed by atoms with E-state index in [1.54, 1.807) is 7.11 Å². The van der Waals surface area contributed by atoms with Gasteiger partial charge >= 0.3 is 0 Å². The SMILES string of the molecule is COCC(C)C(C)CCNCC(C)C. The van der Waals surface area contributed by atoms with Crippen LogP contribution in [0.4, 0.5) is 0 Å². The molecule has 0 rings (SSSR count). The van der Waals surface area contributed by atoms with Crippen molar-refractivity contribution < 1.29 is 4.74 Å². The molecule has 1 N–H and O–H groups in total. The molecule has 86 valence electrons. The zero-order chi connectivity index (χ0) is 11.0. The smallest absolute Gasteiger partial charge is 0.0490 e. The Bertz CT molecular complexity index is 125. The summed E-state index contributed by atoms with van der Waals surface area (Å²) in [4.78, 5) is 0. The quantitative estimate of drug-likeness (QED) is 0.609. The van der Waals surface area contributed by atoms with E-state index in [0.29, 0.717) is 5.92 Å². The van der Waals surface area contributed by atoms with Crippen LogP contribution < -0.4 is 5.32 Å².